The van der Waals surface area contributed by atoms with E-state index in [0.29, 0.717) is 23.1 Å². The van der Waals surface area contributed by atoms with E-state index in [-0.39, 0.29) is 12.0 Å². The van der Waals surface area contributed by atoms with E-state index in [1.807, 2.05) is 6.07 Å². The lowest BCUT2D eigenvalue weighted by Crippen LogP contribution is -2.35. The Hall–Kier alpha value is -3.06. The zero-order valence-electron chi connectivity index (χ0n) is 17.1. The summed E-state index contributed by atoms with van der Waals surface area (Å²) in [5.41, 5.74) is 1.44. The molecule has 2 aromatic rings. The molecule has 2 heterocycles. The fraction of sp³-hybridized carbons (Fsp3) is 0.364. The average molecular weight is 397 g/mol. The van der Waals surface area contributed by atoms with Gasteiger partial charge in [-0.15, -0.1) is 0 Å². The minimum absolute atomic E-state index is 0.198. The number of nitrogens with zero attached hydrogens (tertiary/aromatic N) is 2. The average Bonchev–Trinajstić information content (AvgIpc) is 2.75. The SMILES string of the molecule is COc1ccc(/C=C/C(=O)Nc2ccc(OC3CCN(C)CC3)nc2)cc1OC. The number of piperidine rings is 1. The van der Waals surface area contributed by atoms with E-state index in [0.717, 1.165) is 31.5 Å². The number of rotatable bonds is 7. The molecule has 7 heteroatoms. The van der Waals surface area contributed by atoms with Gasteiger partial charge in [0.05, 0.1) is 26.1 Å². The van der Waals surface area contributed by atoms with E-state index < -0.39 is 0 Å². The monoisotopic (exact) mass is 397 g/mol. The van der Waals surface area contributed by atoms with E-state index in [9.17, 15) is 4.79 Å². The van der Waals surface area contributed by atoms with Crippen molar-refractivity contribution >= 4 is 17.7 Å². The van der Waals surface area contributed by atoms with Crippen LogP contribution in [0.25, 0.3) is 6.08 Å². The molecule has 1 saturated heterocycles. The zero-order chi connectivity index (χ0) is 20.6. The topological polar surface area (TPSA) is 72.9 Å². The molecule has 0 aliphatic carbocycles. The molecule has 0 atom stereocenters. The van der Waals surface area contributed by atoms with Crippen molar-refractivity contribution in [1.29, 1.82) is 0 Å². The molecule has 1 fully saturated rings. The molecule has 0 spiro atoms. The fourth-order valence-corrected chi connectivity index (χ4v) is 3.11. The zero-order valence-corrected chi connectivity index (χ0v) is 17.1. The molecule has 1 aromatic carbocycles. The summed E-state index contributed by atoms with van der Waals surface area (Å²) in [4.78, 5) is 18.8. The Bertz CT molecular complexity index is 844. The molecular formula is C22H27N3O4. The maximum atomic E-state index is 12.2. The van der Waals surface area contributed by atoms with Crippen molar-refractivity contribution in [3.8, 4) is 17.4 Å². The maximum Gasteiger partial charge on any atom is 0.248 e. The predicted molar refractivity (Wildman–Crippen MR) is 113 cm³/mol. The first-order valence-corrected chi connectivity index (χ1v) is 9.59. The molecule has 1 amide bonds. The molecular weight excluding hydrogens is 370 g/mol. The number of ether oxygens (including phenoxy) is 3. The van der Waals surface area contributed by atoms with Gasteiger partial charge in [0.1, 0.15) is 6.10 Å². The van der Waals surface area contributed by atoms with Crippen LogP contribution in [0.4, 0.5) is 5.69 Å². The Morgan fingerprint density at radius 2 is 1.90 bits per heavy atom. The lowest BCUT2D eigenvalue weighted by atomic mass is 10.1. The largest absolute Gasteiger partial charge is 0.493 e. The number of likely N-dealkylation sites (tertiary alicyclic amines) is 1. The number of methoxy groups -OCH3 is 2. The quantitative estimate of drug-likeness (QED) is 0.724. The van der Waals surface area contributed by atoms with Gasteiger partial charge in [0.2, 0.25) is 11.8 Å². The molecule has 1 N–H and O–H groups in total. The Kier molecular flexibility index (Phi) is 7.08. The van der Waals surface area contributed by atoms with Crippen molar-refractivity contribution in [3.63, 3.8) is 0 Å². The van der Waals surface area contributed by atoms with Crippen molar-refractivity contribution in [3.05, 3.63) is 48.2 Å². The van der Waals surface area contributed by atoms with Crippen LogP contribution in [-0.2, 0) is 4.79 Å². The molecule has 1 aliphatic heterocycles. The standard InChI is InChI=1S/C22H27N3O4/c1-25-12-10-18(11-13-25)29-22-9-6-17(15-23-22)24-21(26)8-5-16-4-7-19(27-2)20(14-16)28-3/h4-9,14-15,18H,10-13H2,1-3H3,(H,24,26)/b8-5+. The highest BCUT2D eigenvalue weighted by Crippen LogP contribution is 2.28. The minimum Gasteiger partial charge on any atom is -0.493 e. The van der Waals surface area contributed by atoms with E-state index in [1.165, 1.54) is 6.08 Å². The van der Waals surface area contributed by atoms with E-state index in [1.54, 1.807) is 50.8 Å². The van der Waals surface area contributed by atoms with Crippen LogP contribution in [0.3, 0.4) is 0 Å². The first kappa shape index (κ1) is 20.7. The van der Waals surface area contributed by atoms with Crippen LogP contribution in [-0.4, -0.2) is 56.3 Å². The van der Waals surface area contributed by atoms with E-state index in [2.05, 4.69) is 22.2 Å². The number of hydrogen-bond acceptors (Lipinski definition) is 6. The van der Waals surface area contributed by atoms with Crippen molar-refractivity contribution in [2.45, 2.75) is 18.9 Å². The Balaban J connectivity index is 1.53. The summed E-state index contributed by atoms with van der Waals surface area (Å²) in [6, 6.07) is 9.02. The van der Waals surface area contributed by atoms with Gasteiger partial charge in [-0.1, -0.05) is 6.07 Å². The van der Waals surface area contributed by atoms with Crippen molar-refractivity contribution in [1.82, 2.24) is 9.88 Å². The number of carbonyl (C=O) groups excluding carboxylic acids is 1. The summed E-state index contributed by atoms with van der Waals surface area (Å²) in [5, 5.41) is 2.79. The van der Waals surface area contributed by atoms with Crippen LogP contribution in [0.1, 0.15) is 18.4 Å². The highest BCUT2D eigenvalue weighted by atomic mass is 16.5. The number of pyridine rings is 1. The van der Waals surface area contributed by atoms with Gasteiger partial charge in [-0.2, -0.15) is 0 Å². The number of benzene rings is 1. The summed E-state index contributed by atoms with van der Waals surface area (Å²) in [6.07, 6.45) is 6.97. The fourth-order valence-electron chi connectivity index (χ4n) is 3.11. The second-order valence-corrected chi connectivity index (χ2v) is 6.94. The highest BCUT2D eigenvalue weighted by Gasteiger charge is 2.18. The minimum atomic E-state index is -0.245. The Morgan fingerprint density at radius 1 is 1.14 bits per heavy atom. The Morgan fingerprint density at radius 3 is 2.55 bits per heavy atom. The number of carbonyl (C=O) groups is 1. The number of nitrogens with one attached hydrogen (secondary N) is 1. The van der Waals surface area contributed by atoms with Crippen molar-refractivity contribution in [2.75, 3.05) is 39.7 Å². The normalized spacial score (nSPS) is 15.3. The number of aromatic nitrogens is 1. The second kappa shape index (κ2) is 9.93. The van der Waals surface area contributed by atoms with Crippen molar-refractivity contribution < 1.29 is 19.0 Å². The van der Waals surface area contributed by atoms with Gasteiger partial charge in [-0.3, -0.25) is 4.79 Å². The summed E-state index contributed by atoms with van der Waals surface area (Å²) in [6.45, 7) is 2.07. The molecule has 1 aliphatic rings. The number of amides is 1. The first-order valence-electron chi connectivity index (χ1n) is 9.59. The van der Waals surface area contributed by atoms with E-state index in [4.69, 9.17) is 14.2 Å². The summed E-state index contributed by atoms with van der Waals surface area (Å²) >= 11 is 0. The molecule has 0 saturated carbocycles. The van der Waals surface area contributed by atoms with Gasteiger partial charge in [0.15, 0.2) is 11.5 Å². The van der Waals surface area contributed by atoms with Gasteiger partial charge in [0, 0.05) is 25.2 Å². The number of anilines is 1. The molecule has 154 valence electrons. The lowest BCUT2D eigenvalue weighted by Gasteiger charge is -2.28. The smallest absolute Gasteiger partial charge is 0.248 e. The summed E-state index contributed by atoms with van der Waals surface area (Å²) in [7, 11) is 5.27. The van der Waals surface area contributed by atoms with Crippen molar-refractivity contribution in [2.24, 2.45) is 0 Å². The molecule has 29 heavy (non-hydrogen) atoms. The molecule has 0 radical (unpaired) electrons. The van der Waals surface area contributed by atoms with E-state index >= 15 is 0 Å². The van der Waals surface area contributed by atoms with Crippen LogP contribution in [0.5, 0.6) is 17.4 Å². The molecule has 1 aromatic heterocycles. The summed E-state index contributed by atoms with van der Waals surface area (Å²) in [5.74, 6) is 1.59. The predicted octanol–water partition coefficient (Wildman–Crippen LogP) is 3.22. The molecule has 0 bridgehead atoms. The molecule has 7 nitrogen and oxygen atoms in total. The van der Waals surface area contributed by atoms with Gasteiger partial charge in [-0.05, 0) is 49.7 Å². The van der Waals surface area contributed by atoms with Gasteiger partial charge in [-0.25, -0.2) is 4.98 Å². The van der Waals surface area contributed by atoms with Gasteiger partial charge >= 0.3 is 0 Å². The third-order valence-corrected chi connectivity index (χ3v) is 4.79. The van der Waals surface area contributed by atoms with Crippen LogP contribution in [0.15, 0.2) is 42.6 Å². The molecule has 3 rings (SSSR count). The first-order chi connectivity index (χ1) is 14.1. The third kappa shape index (κ3) is 5.96. The lowest BCUT2D eigenvalue weighted by molar-refractivity contribution is -0.111. The van der Waals surface area contributed by atoms with Crippen LogP contribution in [0.2, 0.25) is 0 Å². The van der Waals surface area contributed by atoms with Gasteiger partial charge in [0.25, 0.3) is 0 Å². The molecule has 0 unspecified atom stereocenters. The van der Waals surface area contributed by atoms with Crippen LogP contribution >= 0.6 is 0 Å². The number of hydrogen-bond donors (Lipinski definition) is 1. The Labute approximate surface area is 171 Å². The van der Waals surface area contributed by atoms with Gasteiger partial charge < -0.3 is 24.4 Å². The summed E-state index contributed by atoms with van der Waals surface area (Å²) < 4.78 is 16.4. The highest BCUT2D eigenvalue weighted by molar-refractivity contribution is 6.01. The second-order valence-electron chi connectivity index (χ2n) is 6.94. The van der Waals surface area contributed by atoms with Crippen LogP contribution in [0, 0.1) is 0 Å². The third-order valence-electron chi connectivity index (χ3n) is 4.79. The maximum absolute atomic E-state index is 12.2. The van der Waals surface area contributed by atoms with Crippen LogP contribution < -0.4 is 19.5 Å².